The SMILES string of the molecule is CC[n+]1c(C=C(C)Cl)sc2ccc3ccccc3c21. The van der Waals surface area contributed by atoms with Crippen LogP contribution in [0.2, 0.25) is 0 Å². The predicted molar refractivity (Wildman–Crippen MR) is 84.7 cm³/mol. The van der Waals surface area contributed by atoms with E-state index in [0.29, 0.717) is 0 Å². The van der Waals surface area contributed by atoms with Crippen molar-refractivity contribution in [2.45, 2.75) is 20.4 Å². The molecule has 1 aromatic heterocycles. The lowest BCUT2D eigenvalue weighted by molar-refractivity contribution is -0.664. The Morgan fingerprint density at radius 2 is 2.05 bits per heavy atom. The summed E-state index contributed by atoms with van der Waals surface area (Å²) in [5.41, 5.74) is 1.31. The van der Waals surface area contributed by atoms with E-state index in [-0.39, 0.29) is 0 Å². The minimum Gasteiger partial charge on any atom is -0.182 e. The second-order valence-corrected chi connectivity index (χ2v) is 6.21. The molecule has 1 heterocycles. The molecule has 0 atom stereocenters. The molecule has 3 aromatic rings. The number of allylic oxidation sites excluding steroid dienone is 1. The van der Waals surface area contributed by atoms with Crippen molar-refractivity contribution in [3.05, 3.63) is 46.4 Å². The molecule has 3 rings (SSSR count). The number of nitrogens with zero attached hydrogens (tertiary/aromatic N) is 1. The van der Waals surface area contributed by atoms with Gasteiger partial charge in [-0.3, -0.25) is 0 Å². The Balaban J connectivity index is 2.45. The van der Waals surface area contributed by atoms with E-state index in [9.17, 15) is 0 Å². The van der Waals surface area contributed by atoms with E-state index >= 15 is 0 Å². The molecule has 0 unspecified atom stereocenters. The summed E-state index contributed by atoms with van der Waals surface area (Å²) < 4.78 is 3.65. The summed E-state index contributed by atoms with van der Waals surface area (Å²) in [4.78, 5) is 0. The fourth-order valence-electron chi connectivity index (χ4n) is 2.47. The van der Waals surface area contributed by atoms with Gasteiger partial charge in [0.2, 0.25) is 5.52 Å². The average Bonchev–Trinajstić information content (AvgIpc) is 2.75. The zero-order valence-corrected chi connectivity index (χ0v) is 12.6. The van der Waals surface area contributed by atoms with Gasteiger partial charge in [0.05, 0.1) is 5.39 Å². The summed E-state index contributed by atoms with van der Waals surface area (Å²) in [6.45, 7) is 5.04. The van der Waals surface area contributed by atoms with E-state index in [1.54, 1.807) is 11.3 Å². The Hall–Kier alpha value is -1.38. The minimum absolute atomic E-state index is 0.818. The van der Waals surface area contributed by atoms with Gasteiger partial charge in [0.1, 0.15) is 11.2 Å². The molecule has 0 spiro atoms. The van der Waals surface area contributed by atoms with Crippen LogP contribution in [0.3, 0.4) is 0 Å². The zero-order valence-electron chi connectivity index (χ0n) is 11.0. The van der Waals surface area contributed by atoms with E-state index in [0.717, 1.165) is 11.6 Å². The molecule has 0 aliphatic rings. The third-order valence-electron chi connectivity index (χ3n) is 3.25. The lowest BCUT2D eigenvalue weighted by atomic mass is 10.1. The lowest BCUT2D eigenvalue weighted by Crippen LogP contribution is -2.33. The fourth-order valence-corrected chi connectivity index (χ4v) is 3.88. The number of thiazole rings is 1. The monoisotopic (exact) mass is 288 g/mol. The first-order valence-electron chi connectivity index (χ1n) is 6.38. The second-order valence-electron chi connectivity index (χ2n) is 4.55. The topological polar surface area (TPSA) is 3.88 Å². The fraction of sp³-hybridized carbons (Fsp3) is 0.188. The van der Waals surface area contributed by atoms with Gasteiger partial charge in [0.15, 0.2) is 0 Å². The number of aromatic nitrogens is 1. The summed E-state index contributed by atoms with van der Waals surface area (Å²) in [6, 6.07) is 12.9. The minimum atomic E-state index is 0.818. The van der Waals surface area contributed by atoms with Gasteiger partial charge in [0, 0.05) is 11.1 Å². The van der Waals surface area contributed by atoms with Crippen LogP contribution >= 0.6 is 22.9 Å². The van der Waals surface area contributed by atoms with Crippen molar-refractivity contribution in [2.75, 3.05) is 0 Å². The molecule has 0 fully saturated rings. The molecular formula is C16H15ClNS+. The highest BCUT2D eigenvalue weighted by Gasteiger charge is 2.19. The molecule has 1 nitrogen and oxygen atoms in total. The molecule has 2 aromatic carbocycles. The Morgan fingerprint density at radius 3 is 2.79 bits per heavy atom. The van der Waals surface area contributed by atoms with Crippen molar-refractivity contribution in [3.63, 3.8) is 0 Å². The van der Waals surface area contributed by atoms with Crippen LogP contribution in [-0.4, -0.2) is 0 Å². The van der Waals surface area contributed by atoms with Gasteiger partial charge >= 0.3 is 0 Å². The van der Waals surface area contributed by atoms with E-state index < -0.39 is 0 Å². The summed E-state index contributed by atoms with van der Waals surface area (Å²) in [5, 5.41) is 4.62. The van der Waals surface area contributed by atoms with Gasteiger partial charge in [-0.2, -0.15) is 4.57 Å². The van der Waals surface area contributed by atoms with Gasteiger partial charge in [-0.15, -0.1) is 0 Å². The molecule has 0 radical (unpaired) electrons. The maximum atomic E-state index is 6.04. The van der Waals surface area contributed by atoms with Gasteiger partial charge in [-0.25, -0.2) is 0 Å². The molecule has 0 saturated carbocycles. The summed E-state index contributed by atoms with van der Waals surface area (Å²) in [5.74, 6) is 0. The number of hydrogen-bond acceptors (Lipinski definition) is 1. The molecule has 0 N–H and O–H groups in total. The summed E-state index contributed by atoms with van der Waals surface area (Å²) in [6.07, 6.45) is 2.05. The smallest absolute Gasteiger partial charge is 0.182 e. The standard InChI is InChI=1S/C16H15ClNS/c1-3-18-15(10-11(2)17)19-14-9-8-12-6-4-5-7-13(12)16(14)18/h4-10H,3H2,1-2H3/q+1. The van der Waals surface area contributed by atoms with E-state index in [1.165, 1.54) is 26.0 Å². The Labute approximate surface area is 121 Å². The second kappa shape index (κ2) is 4.95. The molecule has 0 aliphatic heterocycles. The Bertz CT molecular complexity index is 782. The molecule has 0 bridgehead atoms. The molecule has 0 saturated heterocycles. The van der Waals surface area contributed by atoms with Crippen molar-refractivity contribution < 1.29 is 4.57 Å². The van der Waals surface area contributed by atoms with Crippen molar-refractivity contribution in [3.8, 4) is 0 Å². The van der Waals surface area contributed by atoms with E-state index in [1.807, 2.05) is 13.0 Å². The zero-order chi connectivity index (χ0) is 13.4. The number of hydrogen-bond donors (Lipinski definition) is 0. The number of rotatable bonds is 2. The maximum Gasteiger partial charge on any atom is 0.263 e. The van der Waals surface area contributed by atoms with Crippen molar-refractivity contribution in [2.24, 2.45) is 0 Å². The molecular weight excluding hydrogens is 274 g/mol. The van der Waals surface area contributed by atoms with Crippen LogP contribution in [0.25, 0.3) is 27.1 Å². The van der Waals surface area contributed by atoms with Gasteiger partial charge in [-0.1, -0.05) is 47.2 Å². The Kier molecular flexibility index (Phi) is 3.29. The summed E-state index contributed by atoms with van der Waals surface area (Å²) >= 11 is 7.84. The van der Waals surface area contributed by atoms with Crippen LogP contribution in [0.4, 0.5) is 0 Å². The van der Waals surface area contributed by atoms with Crippen LogP contribution in [-0.2, 0) is 6.54 Å². The lowest BCUT2D eigenvalue weighted by Gasteiger charge is -1.97. The van der Waals surface area contributed by atoms with Gasteiger partial charge in [-0.05, 0) is 31.4 Å². The number of halogens is 1. The van der Waals surface area contributed by atoms with Crippen LogP contribution in [0, 0.1) is 0 Å². The summed E-state index contributed by atoms with van der Waals surface area (Å²) in [7, 11) is 0. The molecule has 19 heavy (non-hydrogen) atoms. The first-order chi connectivity index (χ1) is 9.20. The first-order valence-corrected chi connectivity index (χ1v) is 7.58. The van der Waals surface area contributed by atoms with E-state index in [2.05, 4.69) is 47.9 Å². The molecule has 0 amide bonds. The third kappa shape index (κ3) is 2.15. The van der Waals surface area contributed by atoms with Crippen molar-refractivity contribution in [1.29, 1.82) is 0 Å². The average molecular weight is 289 g/mol. The number of benzene rings is 2. The van der Waals surface area contributed by atoms with Crippen LogP contribution < -0.4 is 4.57 Å². The highest BCUT2D eigenvalue weighted by Crippen LogP contribution is 2.29. The molecule has 0 aliphatic carbocycles. The maximum absolute atomic E-state index is 6.04. The molecule has 96 valence electrons. The van der Waals surface area contributed by atoms with Gasteiger partial charge < -0.3 is 0 Å². The van der Waals surface area contributed by atoms with Gasteiger partial charge in [0.25, 0.3) is 5.01 Å². The van der Waals surface area contributed by atoms with E-state index in [4.69, 9.17) is 11.6 Å². The van der Waals surface area contributed by atoms with Crippen LogP contribution in [0.1, 0.15) is 18.9 Å². The number of fused-ring (bicyclic) bond motifs is 3. The largest absolute Gasteiger partial charge is 0.263 e. The van der Waals surface area contributed by atoms with Crippen LogP contribution in [0.5, 0.6) is 0 Å². The molecule has 3 heteroatoms. The highest BCUT2D eigenvalue weighted by atomic mass is 35.5. The first kappa shape index (κ1) is 12.6. The van der Waals surface area contributed by atoms with Crippen molar-refractivity contribution in [1.82, 2.24) is 0 Å². The quantitative estimate of drug-likeness (QED) is 0.587. The predicted octanol–water partition coefficient (Wildman–Crippen LogP) is 4.96. The highest BCUT2D eigenvalue weighted by molar-refractivity contribution is 7.19. The number of aryl methyl sites for hydroxylation is 1. The van der Waals surface area contributed by atoms with Crippen molar-refractivity contribution >= 4 is 50.0 Å². The Morgan fingerprint density at radius 1 is 1.26 bits per heavy atom. The third-order valence-corrected chi connectivity index (χ3v) is 4.46. The van der Waals surface area contributed by atoms with Crippen LogP contribution in [0.15, 0.2) is 41.4 Å². The normalized spacial score (nSPS) is 12.5.